The lowest BCUT2D eigenvalue weighted by atomic mass is 10.1. The summed E-state index contributed by atoms with van der Waals surface area (Å²) in [6.45, 7) is 0. The molecule has 0 unspecified atom stereocenters. The van der Waals surface area contributed by atoms with Crippen molar-refractivity contribution in [2.45, 2.75) is 0 Å². The number of hydrogen-bond acceptors (Lipinski definition) is 6. The summed E-state index contributed by atoms with van der Waals surface area (Å²) in [6, 6.07) is 27.1. The molecule has 4 rings (SSSR count). The Morgan fingerprint density at radius 1 is 0.839 bits per heavy atom. The van der Waals surface area contributed by atoms with Gasteiger partial charge >= 0.3 is 0 Å². The first-order chi connectivity index (χ1) is 15.2. The first-order valence-corrected chi connectivity index (χ1v) is 9.79. The molecule has 1 N–H and O–H groups in total. The summed E-state index contributed by atoms with van der Waals surface area (Å²) in [5.74, 6) is 0.866. The van der Waals surface area contributed by atoms with Gasteiger partial charge < -0.3 is 9.84 Å². The van der Waals surface area contributed by atoms with E-state index in [0.717, 1.165) is 22.5 Å². The lowest BCUT2D eigenvalue weighted by Crippen LogP contribution is -2.13. The van der Waals surface area contributed by atoms with E-state index in [1.807, 2.05) is 66.7 Å². The minimum absolute atomic E-state index is 0.0334. The maximum absolute atomic E-state index is 10.3. The molecule has 0 saturated carbocycles. The zero-order chi connectivity index (χ0) is 21.6. The van der Waals surface area contributed by atoms with E-state index < -0.39 is 0 Å². The van der Waals surface area contributed by atoms with Gasteiger partial charge in [0, 0.05) is 23.7 Å². The van der Waals surface area contributed by atoms with Crippen molar-refractivity contribution < 1.29 is 9.84 Å². The molecular formula is C25H22N4O2. The van der Waals surface area contributed by atoms with Gasteiger partial charge in [-0.1, -0.05) is 66.7 Å². The average Bonchev–Trinajstić information content (AvgIpc) is 2.84. The number of aromatic nitrogens is 2. The monoisotopic (exact) mass is 410 g/mol. The predicted octanol–water partition coefficient (Wildman–Crippen LogP) is 5.00. The highest BCUT2D eigenvalue weighted by molar-refractivity contribution is 5.85. The molecule has 0 aliphatic heterocycles. The zero-order valence-corrected chi connectivity index (χ0v) is 17.3. The Morgan fingerprint density at radius 3 is 1.97 bits per heavy atom. The molecule has 3 aromatic carbocycles. The highest BCUT2D eigenvalue weighted by Gasteiger charge is 2.12. The number of methoxy groups -OCH3 is 1. The molecule has 0 saturated heterocycles. The van der Waals surface area contributed by atoms with E-state index in [9.17, 15) is 5.11 Å². The van der Waals surface area contributed by atoms with Crippen molar-refractivity contribution in [2.24, 2.45) is 5.10 Å². The number of phenols is 1. The van der Waals surface area contributed by atoms with E-state index in [0.29, 0.717) is 17.3 Å². The maximum Gasteiger partial charge on any atom is 0.247 e. The van der Waals surface area contributed by atoms with Gasteiger partial charge in [0.2, 0.25) is 5.95 Å². The van der Waals surface area contributed by atoms with E-state index in [1.54, 1.807) is 36.5 Å². The number of phenolic OH excluding ortho intramolecular Hbond substituents is 1. The fraction of sp³-hybridized carbons (Fsp3) is 0.0800. The van der Waals surface area contributed by atoms with Crippen molar-refractivity contribution in [3.63, 3.8) is 0 Å². The van der Waals surface area contributed by atoms with Crippen LogP contribution in [0.25, 0.3) is 22.5 Å². The number of nitrogens with zero attached hydrogens (tertiary/aromatic N) is 4. The van der Waals surface area contributed by atoms with Crippen molar-refractivity contribution in [3.05, 3.63) is 90.5 Å². The van der Waals surface area contributed by atoms with Crippen LogP contribution in [0.3, 0.4) is 0 Å². The number of hydrazone groups is 1. The topological polar surface area (TPSA) is 70.8 Å². The highest BCUT2D eigenvalue weighted by atomic mass is 16.5. The van der Waals surface area contributed by atoms with Gasteiger partial charge in [-0.2, -0.15) is 5.10 Å². The standard InChI is InChI=1S/C25H22N4O2/c1-29(26-17-20-14-9-15-23(31-2)24(20)30)25-27-21(18-10-5-3-6-11-18)16-22(28-25)19-12-7-4-8-13-19/h3-17,30H,1-2H3. The summed E-state index contributed by atoms with van der Waals surface area (Å²) >= 11 is 0. The lowest BCUT2D eigenvalue weighted by Gasteiger charge is -2.14. The van der Waals surface area contributed by atoms with Crippen molar-refractivity contribution in [1.29, 1.82) is 0 Å². The Kier molecular flexibility index (Phi) is 5.89. The molecule has 6 heteroatoms. The number of benzene rings is 3. The average molecular weight is 410 g/mol. The van der Waals surface area contributed by atoms with Gasteiger partial charge in [0.25, 0.3) is 0 Å². The van der Waals surface area contributed by atoms with Gasteiger partial charge in [-0.3, -0.25) is 0 Å². The number of hydrogen-bond donors (Lipinski definition) is 1. The second-order valence-corrected chi connectivity index (χ2v) is 6.84. The van der Waals surface area contributed by atoms with Gasteiger partial charge in [-0.15, -0.1) is 0 Å². The van der Waals surface area contributed by atoms with E-state index >= 15 is 0 Å². The van der Waals surface area contributed by atoms with Crippen molar-refractivity contribution in [1.82, 2.24) is 9.97 Å². The molecule has 0 bridgehead atoms. The Morgan fingerprint density at radius 2 is 1.42 bits per heavy atom. The summed E-state index contributed by atoms with van der Waals surface area (Å²) in [5, 5.41) is 16.3. The fourth-order valence-electron chi connectivity index (χ4n) is 3.10. The van der Waals surface area contributed by atoms with Crippen LogP contribution in [0, 0.1) is 0 Å². The number of ether oxygens (including phenoxy) is 1. The quantitative estimate of drug-likeness (QED) is 0.358. The second kappa shape index (κ2) is 9.09. The van der Waals surface area contributed by atoms with Crippen LogP contribution in [0.4, 0.5) is 5.95 Å². The van der Waals surface area contributed by atoms with Crippen LogP contribution >= 0.6 is 0 Å². The van der Waals surface area contributed by atoms with Crippen LogP contribution in [0.1, 0.15) is 5.56 Å². The molecule has 0 spiro atoms. The molecule has 154 valence electrons. The third-order valence-electron chi connectivity index (χ3n) is 4.76. The zero-order valence-electron chi connectivity index (χ0n) is 17.3. The number of rotatable bonds is 6. The smallest absolute Gasteiger partial charge is 0.247 e. The van der Waals surface area contributed by atoms with Gasteiger partial charge in [-0.05, 0) is 18.2 Å². The predicted molar refractivity (Wildman–Crippen MR) is 124 cm³/mol. The number of aromatic hydroxyl groups is 1. The molecule has 1 aromatic heterocycles. The molecule has 1 heterocycles. The molecule has 0 aliphatic rings. The molecule has 0 fully saturated rings. The van der Waals surface area contributed by atoms with E-state index in [4.69, 9.17) is 14.7 Å². The molecule has 6 nitrogen and oxygen atoms in total. The minimum atomic E-state index is 0.0334. The van der Waals surface area contributed by atoms with Gasteiger partial charge in [0.1, 0.15) is 0 Å². The van der Waals surface area contributed by atoms with Crippen LogP contribution in [-0.4, -0.2) is 35.4 Å². The van der Waals surface area contributed by atoms with Crippen LogP contribution in [0.15, 0.2) is 90.0 Å². The van der Waals surface area contributed by atoms with Gasteiger partial charge in [0.15, 0.2) is 11.5 Å². The third-order valence-corrected chi connectivity index (χ3v) is 4.76. The molecule has 0 amide bonds. The second-order valence-electron chi connectivity index (χ2n) is 6.84. The first kappa shape index (κ1) is 20.1. The third kappa shape index (κ3) is 4.53. The van der Waals surface area contributed by atoms with Crippen LogP contribution in [-0.2, 0) is 0 Å². The number of anilines is 1. The van der Waals surface area contributed by atoms with Crippen molar-refractivity contribution in [2.75, 3.05) is 19.2 Å². The highest BCUT2D eigenvalue weighted by Crippen LogP contribution is 2.29. The Bertz CT molecular complexity index is 1140. The van der Waals surface area contributed by atoms with E-state index in [1.165, 1.54) is 7.11 Å². The molecule has 4 aromatic rings. The summed E-state index contributed by atoms with van der Waals surface area (Å²) in [5.41, 5.74) is 4.12. The Hall–Kier alpha value is -4.19. The van der Waals surface area contributed by atoms with Gasteiger partial charge in [0.05, 0.1) is 24.7 Å². The molecule has 0 atom stereocenters. The van der Waals surface area contributed by atoms with Crippen molar-refractivity contribution >= 4 is 12.2 Å². The summed E-state index contributed by atoms with van der Waals surface area (Å²) in [4.78, 5) is 9.42. The molecule has 0 radical (unpaired) electrons. The van der Waals surface area contributed by atoms with Crippen LogP contribution in [0.2, 0.25) is 0 Å². The maximum atomic E-state index is 10.3. The summed E-state index contributed by atoms with van der Waals surface area (Å²) in [7, 11) is 3.28. The number of para-hydroxylation sites is 1. The summed E-state index contributed by atoms with van der Waals surface area (Å²) < 4.78 is 5.16. The van der Waals surface area contributed by atoms with E-state index in [-0.39, 0.29) is 5.75 Å². The summed E-state index contributed by atoms with van der Waals surface area (Å²) in [6.07, 6.45) is 1.55. The first-order valence-electron chi connectivity index (χ1n) is 9.79. The molecule has 31 heavy (non-hydrogen) atoms. The lowest BCUT2D eigenvalue weighted by molar-refractivity contribution is 0.373. The van der Waals surface area contributed by atoms with Crippen LogP contribution < -0.4 is 9.75 Å². The van der Waals surface area contributed by atoms with Gasteiger partial charge in [-0.25, -0.2) is 15.0 Å². The molecule has 0 aliphatic carbocycles. The molecular weight excluding hydrogens is 388 g/mol. The Balaban J connectivity index is 1.73. The van der Waals surface area contributed by atoms with Crippen molar-refractivity contribution in [3.8, 4) is 34.0 Å². The van der Waals surface area contributed by atoms with E-state index in [2.05, 4.69) is 5.10 Å². The Labute approximate surface area is 181 Å². The normalized spacial score (nSPS) is 10.9. The van der Waals surface area contributed by atoms with Crippen LogP contribution in [0.5, 0.6) is 11.5 Å². The minimum Gasteiger partial charge on any atom is -0.504 e. The fourth-order valence-corrected chi connectivity index (χ4v) is 3.10. The largest absolute Gasteiger partial charge is 0.504 e. The SMILES string of the molecule is COc1cccc(C=NN(C)c2nc(-c3ccccc3)cc(-c3ccccc3)n2)c1O.